The molecule has 0 aromatic heterocycles. The second-order valence-corrected chi connectivity index (χ2v) is 5.09. The van der Waals surface area contributed by atoms with Gasteiger partial charge >= 0.3 is 0 Å². The highest BCUT2D eigenvalue weighted by Gasteiger charge is 2.18. The lowest BCUT2D eigenvalue weighted by molar-refractivity contribution is 0.364. The molecule has 0 N–H and O–H groups in total. The Morgan fingerprint density at radius 1 is 1.00 bits per heavy atom. The van der Waals surface area contributed by atoms with Crippen LogP contribution in [0.2, 0.25) is 0 Å². The summed E-state index contributed by atoms with van der Waals surface area (Å²) in [5.41, 5.74) is 1.50. The van der Waals surface area contributed by atoms with Gasteiger partial charge in [-0.05, 0) is 43.6 Å². The van der Waals surface area contributed by atoms with Gasteiger partial charge in [0.1, 0.15) is 0 Å². The normalized spacial score (nSPS) is 27.5. The minimum atomic E-state index is 0.669. The van der Waals surface area contributed by atoms with Crippen LogP contribution >= 0.6 is 12.6 Å². The third-order valence-corrected chi connectivity index (χ3v) is 3.70. The van der Waals surface area contributed by atoms with Crippen LogP contribution in [0.15, 0.2) is 30.3 Å². The minimum absolute atomic E-state index is 0.669. The van der Waals surface area contributed by atoms with Gasteiger partial charge in [-0.15, -0.1) is 0 Å². The summed E-state index contributed by atoms with van der Waals surface area (Å²) in [6.45, 7) is 0. The van der Waals surface area contributed by atoms with E-state index in [1.54, 1.807) is 0 Å². The van der Waals surface area contributed by atoms with E-state index in [4.69, 9.17) is 0 Å². The molecule has 0 aliphatic heterocycles. The van der Waals surface area contributed by atoms with Crippen LogP contribution in [-0.4, -0.2) is 5.25 Å². The zero-order chi connectivity index (χ0) is 9.80. The topological polar surface area (TPSA) is 0 Å². The van der Waals surface area contributed by atoms with Crippen molar-refractivity contribution in [1.82, 2.24) is 0 Å². The van der Waals surface area contributed by atoms with Crippen molar-refractivity contribution in [2.45, 2.75) is 37.4 Å². The first-order valence-corrected chi connectivity index (χ1v) is 6.08. The van der Waals surface area contributed by atoms with Crippen LogP contribution in [0.5, 0.6) is 0 Å². The lowest BCUT2D eigenvalue weighted by Crippen LogP contribution is -2.16. The van der Waals surface area contributed by atoms with E-state index in [0.717, 1.165) is 5.92 Å². The Hall–Kier alpha value is -0.430. The van der Waals surface area contributed by atoms with Crippen LogP contribution in [0, 0.1) is 5.92 Å². The molecule has 1 aromatic carbocycles. The van der Waals surface area contributed by atoms with E-state index in [1.165, 1.54) is 37.7 Å². The third-order valence-electron chi connectivity index (χ3n) is 3.18. The highest BCUT2D eigenvalue weighted by molar-refractivity contribution is 7.80. The summed E-state index contributed by atoms with van der Waals surface area (Å²) in [5, 5.41) is 0.669. The van der Waals surface area contributed by atoms with E-state index in [-0.39, 0.29) is 0 Å². The molecule has 0 nitrogen and oxygen atoms in total. The third kappa shape index (κ3) is 2.78. The van der Waals surface area contributed by atoms with E-state index < -0.39 is 0 Å². The maximum absolute atomic E-state index is 4.53. The Labute approximate surface area is 92.1 Å². The SMILES string of the molecule is SC1CCC(Cc2ccccc2)CC1. The molecule has 1 saturated carbocycles. The molecule has 0 bridgehead atoms. The van der Waals surface area contributed by atoms with Gasteiger partial charge in [0.2, 0.25) is 0 Å². The monoisotopic (exact) mass is 206 g/mol. The van der Waals surface area contributed by atoms with Crippen molar-refractivity contribution >= 4 is 12.6 Å². The maximum Gasteiger partial charge on any atom is 0.00170 e. The van der Waals surface area contributed by atoms with Crippen LogP contribution < -0.4 is 0 Å². The van der Waals surface area contributed by atoms with E-state index in [9.17, 15) is 0 Å². The highest BCUT2D eigenvalue weighted by atomic mass is 32.1. The molecule has 0 spiro atoms. The number of hydrogen-bond acceptors (Lipinski definition) is 1. The molecule has 0 amide bonds. The summed E-state index contributed by atoms with van der Waals surface area (Å²) in [4.78, 5) is 0. The summed E-state index contributed by atoms with van der Waals surface area (Å²) >= 11 is 4.53. The first-order chi connectivity index (χ1) is 6.84. The van der Waals surface area contributed by atoms with Crippen molar-refractivity contribution in [2.24, 2.45) is 5.92 Å². The highest BCUT2D eigenvalue weighted by Crippen LogP contribution is 2.29. The van der Waals surface area contributed by atoms with Gasteiger partial charge in [-0.1, -0.05) is 30.3 Å². The van der Waals surface area contributed by atoms with Gasteiger partial charge in [0.25, 0.3) is 0 Å². The largest absolute Gasteiger partial charge is 0.176 e. The first-order valence-electron chi connectivity index (χ1n) is 5.56. The predicted molar refractivity (Wildman–Crippen MR) is 64.9 cm³/mol. The van der Waals surface area contributed by atoms with E-state index >= 15 is 0 Å². The van der Waals surface area contributed by atoms with Gasteiger partial charge in [0.05, 0.1) is 0 Å². The summed E-state index contributed by atoms with van der Waals surface area (Å²) in [5.74, 6) is 0.904. The standard InChI is InChI=1S/C13H18S/c14-13-8-6-12(7-9-13)10-11-4-2-1-3-5-11/h1-5,12-14H,6-10H2. The molecule has 1 aliphatic rings. The molecule has 1 aromatic rings. The molecule has 0 saturated heterocycles. The first kappa shape index (κ1) is 10.1. The fourth-order valence-electron chi connectivity index (χ4n) is 2.30. The molecular formula is C13H18S. The second kappa shape index (κ2) is 4.88. The molecular weight excluding hydrogens is 188 g/mol. The number of hydrogen-bond donors (Lipinski definition) is 1. The molecule has 0 unspecified atom stereocenters. The van der Waals surface area contributed by atoms with Crippen LogP contribution in [0.4, 0.5) is 0 Å². The van der Waals surface area contributed by atoms with Gasteiger partial charge in [0.15, 0.2) is 0 Å². The van der Waals surface area contributed by atoms with Crippen LogP contribution in [0.1, 0.15) is 31.2 Å². The number of rotatable bonds is 2. The Balaban J connectivity index is 1.87. The van der Waals surface area contributed by atoms with Gasteiger partial charge in [0, 0.05) is 5.25 Å². The summed E-state index contributed by atoms with van der Waals surface area (Å²) in [7, 11) is 0. The molecule has 2 rings (SSSR count). The van der Waals surface area contributed by atoms with Crippen molar-refractivity contribution in [2.75, 3.05) is 0 Å². The fourth-order valence-corrected chi connectivity index (χ4v) is 2.59. The van der Waals surface area contributed by atoms with Crippen LogP contribution in [0.3, 0.4) is 0 Å². The van der Waals surface area contributed by atoms with Crippen molar-refractivity contribution in [1.29, 1.82) is 0 Å². The fraction of sp³-hybridized carbons (Fsp3) is 0.538. The van der Waals surface area contributed by atoms with Crippen molar-refractivity contribution in [3.05, 3.63) is 35.9 Å². The predicted octanol–water partition coefficient (Wildman–Crippen LogP) is 3.72. The van der Waals surface area contributed by atoms with E-state index in [2.05, 4.69) is 43.0 Å². The van der Waals surface area contributed by atoms with Crippen molar-refractivity contribution in [3.63, 3.8) is 0 Å². The van der Waals surface area contributed by atoms with Gasteiger partial charge in [-0.2, -0.15) is 12.6 Å². The molecule has 14 heavy (non-hydrogen) atoms. The number of benzene rings is 1. The number of thiol groups is 1. The lowest BCUT2D eigenvalue weighted by Gasteiger charge is -2.25. The van der Waals surface area contributed by atoms with Gasteiger partial charge in [-0.25, -0.2) is 0 Å². The average Bonchev–Trinajstić information content (AvgIpc) is 2.23. The molecule has 76 valence electrons. The smallest absolute Gasteiger partial charge is 0.00170 e. The van der Waals surface area contributed by atoms with Crippen LogP contribution in [-0.2, 0) is 6.42 Å². The molecule has 0 radical (unpaired) electrons. The molecule has 1 fully saturated rings. The second-order valence-electron chi connectivity index (χ2n) is 4.36. The van der Waals surface area contributed by atoms with E-state index in [1.807, 2.05) is 0 Å². The molecule has 0 atom stereocenters. The Morgan fingerprint density at radius 3 is 2.29 bits per heavy atom. The Kier molecular flexibility index (Phi) is 3.52. The zero-order valence-corrected chi connectivity index (χ0v) is 9.42. The summed E-state index contributed by atoms with van der Waals surface area (Å²) in [6.07, 6.45) is 6.61. The summed E-state index contributed by atoms with van der Waals surface area (Å²) < 4.78 is 0. The molecule has 1 heteroatoms. The van der Waals surface area contributed by atoms with Crippen molar-refractivity contribution in [3.8, 4) is 0 Å². The quantitative estimate of drug-likeness (QED) is 0.701. The summed E-state index contributed by atoms with van der Waals surface area (Å²) in [6, 6.07) is 10.9. The molecule has 0 heterocycles. The average molecular weight is 206 g/mol. The minimum Gasteiger partial charge on any atom is -0.176 e. The van der Waals surface area contributed by atoms with E-state index in [0.29, 0.717) is 5.25 Å². The van der Waals surface area contributed by atoms with Crippen LogP contribution in [0.25, 0.3) is 0 Å². The van der Waals surface area contributed by atoms with Gasteiger partial charge < -0.3 is 0 Å². The Bertz CT molecular complexity index is 260. The van der Waals surface area contributed by atoms with Gasteiger partial charge in [-0.3, -0.25) is 0 Å². The zero-order valence-electron chi connectivity index (χ0n) is 8.52. The maximum atomic E-state index is 4.53. The van der Waals surface area contributed by atoms with Crippen molar-refractivity contribution < 1.29 is 0 Å². The Morgan fingerprint density at radius 2 is 1.64 bits per heavy atom. The lowest BCUT2D eigenvalue weighted by atomic mass is 9.84. The molecule has 1 aliphatic carbocycles.